The zero-order valence-electron chi connectivity index (χ0n) is 17.7. The van der Waals surface area contributed by atoms with Gasteiger partial charge in [0.2, 0.25) is 0 Å². The molecular formula is C23H23N3O5. The quantitative estimate of drug-likeness (QED) is 0.449. The second kappa shape index (κ2) is 9.17. The summed E-state index contributed by atoms with van der Waals surface area (Å²) in [5, 5.41) is 13.1. The number of aromatic nitrogens is 1. The third kappa shape index (κ3) is 4.75. The fourth-order valence-electron chi connectivity index (χ4n) is 3.23. The number of carboxylic acids is 1. The maximum atomic E-state index is 12.4. The van der Waals surface area contributed by atoms with Crippen LogP contribution >= 0.6 is 0 Å². The molecule has 0 unspecified atom stereocenters. The van der Waals surface area contributed by atoms with Crippen molar-refractivity contribution in [2.45, 2.75) is 13.8 Å². The van der Waals surface area contributed by atoms with Crippen molar-refractivity contribution in [1.82, 2.24) is 9.99 Å². The minimum Gasteiger partial charge on any atom is -0.497 e. The van der Waals surface area contributed by atoms with E-state index in [4.69, 9.17) is 14.6 Å². The maximum absolute atomic E-state index is 12.4. The summed E-state index contributed by atoms with van der Waals surface area (Å²) in [5.74, 6) is -0.354. The van der Waals surface area contributed by atoms with Gasteiger partial charge in [-0.15, -0.1) is 0 Å². The van der Waals surface area contributed by atoms with Crippen LogP contribution in [-0.2, 0) is 0 Å². The molecule has 0 atom stereocenters. The lowest BCUT2D eigenvalue weighted by Crippen LogP contribution is -2.17. The summed E-state index contributed by atoms with van der Waals surface area (Å²) in [6.07, 6.45) is 1.57. The van der Waals surface area contributed by atoms with Gasteiger partial charge in [-0.1, -0.05) is 0 Å². The van der Waals surface area contributed by atoms with Gasteiger partial charge in [-0.2, -0.15) is 5.10 Å². The Morgan fingerprint density at radius 2 is 1.58 bits per heavy atom. The Hall–Kier alpha value is -4.07. The van der Waals surface area contributed by atoms with Crippen molar-refractivity contribution < 1.29 is 24.2 Å². The largest absolute Gasteiger partial charge is 0.497 e. The van der Waals surface area contributed by atoms with E-state index in [9.17, 15) is 9.59 Å². The molecule has 0 aliphatic heterocycles. The zero-order chi connectivity index (χ0) is 22.5. The number of hydrogen-bond acceptors (Lipinski definition) is 5. The summed E-state index contributed by atoms with van der Waals surface area (Å²) in [4.78, 5) is 23.5. The molecule has 0 radical (unpaired) electrons. The van der Waals surface area contributed by atoms with E-state index in [2.05, 4.69) is 10.5 Å². The molecule has 3 aromatic rings. The lowest BCUT2D eigenvalue weighted by Gasteiger charge is -2.10. The van der Waals surface area contributed by atoms with Gasteiger partial charge in [0.15, 0.2) is 0 Å². The van der Waals surface area contributed by atoms with Crippen molar-refractivity contribution in [2.75, 3.05) is 14.2 Å². The van der Waals surface area contributed by atoms with Gasteiger partial charge in [0, 0.05) is 34.3 Å². The maximum Gasteiger partial charge on any atom is 0.335 e. The first kappa shape index (κ1) is 21.6. The number of carbonyl (C=O) groups excluding carboxylic acids is 1. The van der Waals surface area contributed by atoms with Gasteiger partial charge in [0.1, 0.15) is 11.5 Å². The Labute approximate surface area is 179 Å². The molecule has 1 heterocycles. The van der Waals surface area contributed by atoms with Crippen molar-refractivity contribution in [1.29, 1.82) is 0 Å². The highest BCUT2D eigenvalue weighted by atomic mass is 16.5. The molecule has 0 aliphatic carbocycles. The SMILES string of the molecule is COc1cc(OC)cc(C(=O)N/N=C\c2cc(C)n(-c3ccc(C(=O)O)cc3)c2C)c1. The molecular weight excluding hydrogens is 398 g/mol. The number of benzene rings is 2. The van der Waals surface area contributed by atoms with Crippen LogP contribution in [0.3, 0.4) is 0 Å². The molecule has 8 nitrogen and oxygen atoms in total. The van der Waals surface area contributed by atoms with Crippen LogP contribution in [0.25, 0.3) is 5.69 Å². The summed E-state index contributed by atoms with van der Waals surface area (Å²) < 4.78 is 12.4. The van der Waals surface area contributed by atoms with Crippen molar-refractivity contribution in [3.63, 3.8) is 0 Å². The molecule has 8 heteroatoms. The average molecular weight is 421 g/mol. The summed E-state index contributed by atoms with van der Waals surface area (Å²) in [6.45, 7) is 3.87. The number of amides is 1. The van der Waals surface area contributed by atoms with Crippen LogP contribution in [0, 0.1) is 13.8 Å². The van der Waals surface area contributed by atoms with E-state index in [-0.39, 0.29) is 5.56 Å². The fraction of sp³-hybridized carbons (Fsp3) is 0.174. The number of ether oxygens (including phenoxy) is 2. The van der Waals surface area contributed by atoms with Crippen LogP contribution < -0.4 is 14.9 Å². The summed E-state index contributed by atoms with van der Waals surface area (Å²) >= 11 is 0. The predicted molar refractivity (Wildman–Crippen MR) is 117 cm³/mol. The minimum absolute atomic E-state index is 0.227. The van der Waals surface area contributed by atoms with E-state index in [1.165, 1.54) is 14.2 Å². The second-order valence-corrected chi connectivity index (χ2v) is 6.81. The van der Waals surface area contributed by atoms with Crippen molar-refractivity contribution in [3.8, 4) is 17.2 Å². The van der Waals surface area contributed by atoms with Gasteiger partial charge in [-0.3, -0.25) is 4.79 Å². The van der Waals surface area contributed by atoms with Gasteiger partial charge < -0.3 is 19.1 Å². The minimum atomic E-state index is -0.968. The highest BCUT2D eigenvalue weighted by Crippen LogP contribution is 2.23. The molecule has 1 amide bonds. The van der Waals surface area contributed by atoms with E-state index in [1.807, 2.05) is 24.5 Å². The Kier molecular flexibility index (Phi) is 6.40. The smallest absolute Gasteiger partial charge is 0.335 e. The number of carboxylic acid groups (broad SMARTS) is 1. The third-order valence-electron chi connectivity index (χ3n) is 4.83. The second-order valence-electron chi connectivity index (χ2n) is 6.81. The summed E-state index contributed by atoms with van der Waals surface area (Å²) in [7, 11) is 3.03. The number of hydrazone groups is 1. The molecule has 2 aromatic carbocycles. The van der Waals surface area contributed by atoms with Gasteiger partial charge in [-0.05, 0) is 56.3 Å². The Balaban J connectivity index is 1.78. The lowest BCUT2D eigenvalue weighted by atomic mass is 10.2. The standard InChI is InChI=1S/C23H23N3O5/c1-14-9-18(15(2)26(14)19-7-5-16(6-8-19)23(28)29)13-24-25-22(27)17-10-20(30-3)12-21(11-17)31-4/h5-13H,1-4H3,(H,25,27)(H,28,29)/b24-13-. The van der Waals surface area contributed by atoms with Crippen LogP contribution in [0.2, 0.25) is 0 Å². The van der Waals surface area contributed by atoms with Gasteiger partial charge in [-0.25, -0.2) is 10.2 Å². The first-order valence-electron chi connectivity index (χ1n) is 9.43. The fourth-order valence-corrected chi connectivity index (χ4v) is 3.23. The molecule has 0 saturated heterocycles. The number of aromatic carboxylic acids is 1. The molecule has 0 bridgehead atoms. The van der Waals surface area contributed by atoms with Crippen molar-refractivity contribution >= 4 is 18.1 Å². The number of carbonyl (C=O) groups is 2. The van der Waals surface area contributed by atoms with E-state index in [0.29, 0.717) is 17.1 Å². The van der Waals surface area contributed by atoms with Crippen molar-refractivity contribution in [2.24, 2.45) is 5.10 Å². The Morgan fingerprint density at radius 1 is 0.968 bits per heavy atom. The van der Waals surface area contributed by atoms with Crippen LogP contribution in [0.4, 0.5) is 0 Å². The monoisotopic (exact) mass is 421 g/mol. The van der Waals surface area contributed by atoms with E-state index in [1.54, 1.807) is 48.7 Å². The van der Waals surface area contributed by atoms with E-state index in [0.717, 1.165) is 22.6 Å². The number of methoxy groups -OCH3 is 2. The van der Waals surface area contributed by atoms with Gasteiger partial charge in [0.25, 0.3) is 5.91 Å². The lowest BCUT2D eigenvalue weighted by molar-refractivity contribution is 0.0696. The summed E-state index contributed by atoms with van der Waals surface area (Å²) in [5.41, 5.74) is 6.61. The first-order valence-corrected chi connectivity index (χ1v) is 9.43. The molecule has 1 aromatic heterocycles. The molecule has 0 aliphatic rings. The van der Waals surface area contributed by atoms with E-state index < -0.39 is 11.9 Å². The molecule has 0 fully saturated rings. The van der Waals surface area contributed by atoms with Gasteiger partial charge >= 0.3 is 5.97 Å². The van der Waals surface area contributed by atoms with Crippen LogP contribution in [-0.4, -0.2) is 42.0 Å². The normalized spacial score (nSPS) is 10.8. The topological polar surface area (TPSA) is 102 Å². The first-order chi connectivity index (χ1) is 14.8. The molecule has 0 spiro atoms. The highest BCUT2D eigenvalue weighted by molar-refractivity contribution is 5.95. The molecule has 2 N–H and O–H groups in total. The molecule has 160 valence electrons. The van der Waals surface area contributed by atoms with Gasteiger partial charge in [0.05, 0.1) is 26.0 Å². The zero-order valence-corrected chi connectivity index (χ0v) is 17.7. The highest BCUT2D eigenvalue weighted by Gasteiger charge is 2.12. The molecule has 0 saturated carbocycles. The number of hydrogen-bond donors (Lipinski definition) is 2. The average Bonchev–Trinajstić information content (AvgIpc) is 3.06. The van der Waals surface area contributed by atoms with Crippen LogP contribution in [0.1, 0.15) is 37.7 Å². The Bertz CT molecular complexity index is 1120. The van der Waals surface area contributed by atoms with Crippen molar-refractivity contribution in [3.05, 3.63) is 76.6 Å². The number of rotatable bonds is 7. The third-order valence-corrected chi connectivity index (χ3v) is 4.83. The predicted octanol–water partition coefficient (Wildman–Crippen LogP) is 3.57. The number of nitrogens with zero attached hydrogens (tertiary/aromatic N) is 2. The number of nitrogens with one attached hydrogen (secondary N) is 1. The van der Waals surface area contributed by atoms with Crippen LogP contribution in [0.5, 0.6) is 11.5 Å². The van der Waals surface area contributed by atoms with E-state index >= 15 is 0 Å². The Morgan fingerprint density at radius 3 is 2.13 bits per heavy atom. The number of aryl methyl sites for hydroxylation is 1. The molecule has 31 heavy (non-hydrogen) atoms. The summed E-state index contributed by atoms with van der Waals surface area (Å²) in [6, 6.07) is 13.4. The molecule has 3 rings (SSSR count). The van der Waals surface area contributed by atoms with Crippen LogP contribution in [0.15, 0.2) is 53.6 Å².